The molecule has 5 heteroatoms. The van der Waals surface area contributed by atoms with E-state index in [1.54, 1.807) is 12.1 Å². The summed E-state index contributed by atoms with van der Waals surface area (Å²) in [6.07, 6.45) is 4.25. The summed E-state index contributed by atoms with van der Waals surface area (Å²) in [5.74, 6) is 0.235. The van der Waals surface area contributed by atoms with Crippen molar-refractivity contribution in [2.75, 3.05) is 13.6 Å². The number of aryl methyl sites for hydroxylation is 1. The number of nitrogens with two attached hydrogens (primary N) is 1. The van der Waals surface area contributed by atoms with Crippen LogP contribution in [0.1, 0.15) is 28.7 Å². The molecule has 2 N–H and O–H groups in total. The van der Waals surface area contributed by atoms with Crippen LogP contribution in [0.3, 0.4) is 0 Å². The second kappa shape index (κ2) is 6.18. The van der Waals surface area contributed by atoms with Crippen molar-refractivity contribution in [2.24, 2.45) is 21.6 Å². The monoisotopic (exact) mass is 457 g/mol. The Kier molecular flexibility index (Phi) is 3.67. The first-order valence-electron chi connectivity index (χ1n) is 11.6. The highest BCUT2D eigenvalue weighted by molar-refractivity contribution is 6.31. The van der Waals surface area contributed by atoms with Gasteiger partial charge < -0.3 is 10.6 Å². The molecule has 3 unspecified atom stereocenters. The van der Waals surface area contributed by atoms with Crippen LogP contribution < -0.4 is 5.73 Å². The van der Waals surface area contributed by atoms with E-state index < -0.39 is 5.82 Å². The molecular weight excluding hydrogens is 433 g/mol. The van der Waals surface area contributed by atoms with Crippen LogP contribution in [0.2, 0.25) is 5.02 Å². The van der Waals surface area contributed by atoms with Gasteiger partial charge in [-0.15, -0.1) is 0 Å². The number of fused-ring (bicyclic) bond motifs is 2. The fourth-order valence-corrected chi connectivity index (χ4v) is 7.85. The minimum absolute atomic E-state index is 0.0380. The maximum Gasteiger partial charge on any atom is 0.191 e. The number of aliphatic imine (C=N–C) groups is 1. The minimum atomic E-state index is -0.395. The van der Waals surface area contributed by atoms with Crippen LogP contribution in [-0.4, -0.2) is 24.5 Å². The van der Waals surface area contributed by atoms with Gasteiger partial charge in [0.2, 0.25) is 0 Å². The molecule has 1 heterocycles. The van der Waals surface area contributed by atoms with E-state index in [0.29, 0.717) is 5.96 Å². The third-order valence-corrected chi connectivity index (χ3v) is 9.39. The number of benzene rings is 3. The zero-order chi connectivity index (χ0) is 22.6. The number of guanidine groups is 1. The van der Waals surface area contributed by atoms with Crippen molar-refractivity contribution in [1.82, 2.24) is 4.90 Å². The lowest BCUT2D eigenvalue weighted by Crippen LogP contribution is -2.46. The Morgan fingerprint density at radius 3 is 2.48 bits per heavy atom. The molecule has 33 heavy (non-hydrogen) atoms. The summed E-state index contributed by atoms with van der Waals surface area (Å²) >= 11 is 6.11. The SMILES string of the molecule is CN1CC23Cc4ccccc4CCC24Cc2ccc(-c5ccc(F)c(Cl)c5)cc2C43N=C1N. The van der Waals surface area contributed by atoms with Gasteiger partial charge >= 0.3 is 0 Å². The van der Waals surface area contributed by atoms with Gasteiger partial charge in [0.25, 0.3) is 0 Å². The number of rotatable bonds is 1. The number of hydrogen-bond acceptors (Lipinski definition) is 3. The lowest BCUT2D eigenvalue weighted by atomic mass is 9.79. The summed E-state index contributed by atoms with van der Waals surface area (Å²) in [7, 11) is 2.07. The molecule has 3 spiro atoms. The number of hydrogen-bond donors (Lipinski definition) is 1. The zero-order valence-electron chi connectivity index (χ0n) is 18.5. The Hall–Kier alpha value is -2.85. The molecule has 1 fully saturated rings. The van der Waals surface area contributed by atoms with Crippen molar-refractivity contribution in [1.29, 1.82) is 0 Å². The molecule has 3 atom stereocenters. The smallest absolute Gasteiger partial charge is 0.191 e. The van der Waals surface area contributed by atoms with E-state index >= 15 is 0 Å². The van der Waals surface area contributed by atoms with Crippen molar-refractivity contribution in [3.8, 4) is 11.1 Å². The largest absolute Gasteiger partial charge is 0.370 e. The molecule has 4 aliphatic rings. The molecule has 0 amide bonds. The van der Waals surface area contributed by atoms with E-state index in [4.69, 9.17) is 22.3 Å². The van der Waals surface area contributed by atoms with Gasteiger partial charge in [0, 0.05) is 24.4 Å². The van der Waals surface area contributed by atoms with Crippen LogP contribution in [-0.2, 0) is 24.8 Å². The van der Waals surface area contributed by atoms with Crippen LogP contribution >= 0.6 is 11.6 Å². The van der Waals surface area contributed by atoms with Crippen molar-refractivity contribution in [3.05, 3.63) is 93.8 Å². The van der Waals surface area contributed by atoms with Gasteiger partial charge in [-0.05, 0) is 77.3 Å². The highest BCUT2D eigenvalue weighted by Gasteiger charge is 2.90. The first-order valence-corrected chi connectivity index (χ1v) is 12.0. The van der Waals surface area contributed by atoms with Gasteiger partial charge in [-0.2, -0.15) is 0 Å². The molecule has 0 radical (unpaired) electrons. The van der Waals surface area contributed by atoms with E-state index in [9.17, 15) is 4.39 Å². The molecule has 3 aliphatic carbocycles. The molecule has 3 aromatic rings. The molecule has 0 bridgehead atoms. The molecule has 166 valence electrons. The van der Waals surface area contributed by atoms with Crippen LogP contribution in [0, 0.1) is 16.6 Å². The van der Waals surface area contributed by atoms with E-state index in [1.165, 1.54) is 28.3 Å². The second-order valence-electron chi connectivity index (χ2n) is 10.3. The Labute approximate surface area is 198 Å². The standard InChI is InChI=1S/C28H25ClFN3/c1-33-16-27-14-20-5-3-2-4-17(20)10-11-26(27)15-21-7-6-18(19-8-9-24(30)23(29)13-19)12-22(21)28(26,27)32-25(33)31/h2-9,12-13H,10-11,14-16H2,1H3,(H2,31,32). The predicted octanol–water partition coefficient (Wildman–Crippen LogP) is 5.33. The fraction of sp³-hybridized carbons (Fsp3) is 0.321. The van der Waals surface area contributed by atoms with Crippen LogP contribution in [0.4, 0.5) is 4.39 Å². The Bertz CT molecular complexity index is 1380. The van der Waals surface area contributed by atoms with E-state index in [0.717, 1.165) is 43.4 Å². The Morgan fingerprint density at radius 1 is 0.939 bits per heavy atom. The first-order chi connectivity index (χ1) is 15.9. The van der Waals surface area contributed by atoms with Crippen LogP contribution in [0.5, 0.6) is 0 Å². The average Bonchev–Trinajstić information content (AvgIpc) is 3.19. The number of halogens is 2. The van der Waals surface area contributed by atoms with E-state index in [-0.39, 0.29) is 21.4 Å². The van der Waals surface area contributed by atoms with Crippen molar-refractivity contribution in [2.45, 2.75) is 31.2 Å². The molecule has 0 aromatic heterocycles. The molecule has 7 rings (SSSR count). The summed E-state index contributed by atoms with van der Waals surface area (Å²) in [6, 6.07) is 20.5. The van der Waals surface area contributed by atoms with Crippen molar-refractivity contribution < 1.29 is 4.39 Å². The summed E-state index contributed by atoms with van der Waals surface area (Å²) < 4.78 is 13.8. The molecule has 1 aliphatic heterocycles. The van der Waals surface area contributed by atoms with E-state index in [1.807, 2.05) is 0 Å². The predicted molar refractivity (Wildman–Crippen MR) is 130 cm³/mol. The van der Waals surface area contributed by atoms with Gasteiger partial charge in [-0.25, -0.2) is 9.38 Å². The minimum Gasteiger partial charge on any atom is -0.370 e. The summed E-state index contributed by atoms with van der Waals surface area (Å²) in [5, 5.41) is 0.147. The van der Waals surface area contributed by atoms with Crippen LogP contribution in [0.15, 0.2) is 65.7 Å². The second-order valence-corrected chi connectivity index (χ2v) is 10.7. The number of nitrogens with zero attached hydrogens (tertiary/aromatic N) is 2. The highest BCUT2D eigenvalue weighted by Crippen LogP contribution is 2.87. The van der Waals surface area contributed by atoms with Gasteiger partial charge in [0.1, 0.15) is 11.4 Å². The van der Waals surface area contributed by atoms with E-state index in [2.05, 4.69) is 54.4 Å². The van der Waals surface area contributed by atoms with Crippen molar-refractivity contribution >= 4 is 17.6 Å². The van der Waals surface area contributed by atoms with Gasteiger partial charge in [-0.1, -0.05) is 54.1 Å². The molecule has 1 saturated carbocycles. The summed E-state index contributed by atoms with van der Waals surface area (Å²) in [4.78, 5) is 7.46. The lowest BCUT2D eigenvalue weighted by Gasteiger charge is -2.36. The third kappa shape index (κ3) is 2.19. The quantitative estimate of drug-likeness (QED) is 0.536. The topological polar surface area (TPSA) is 41.6 Å². The van der Waals surface area contributed by atoms with Crippen LogP contribution in [0.25, 0.3) is 11.1 Å². The van der Waals surface area contributed by atoms with Gasteiger partial charge in [0.15, 0.2) is 5.96 Å². The highest BCUT2D eigenvalue weighted by atomic mass is 35.5. The lowest BCUT2D eigenvalue weighted by molar-refractivity contribution is 0.250. The summed E-state index contributed by atoms with van der Waals surface area (Å²) in [5.41, 5.74) is 13.9. The average molecular weight is 458 g/mol. The fourth-order valence-electron chi connectivity index (χ4n) is 7.67. The molecule has 3 aromatic carbocycles. The normalized spacial score (nSPS) is 30.9. The maximum absolute atomic E-state index is 13.8. The van der Waals surface area contributed by atoms with Crippen molar-refractivity contribution in [3.63, 3.8) is 0 Å². The molecule has 3 nitrogen and oxygen atoms in total. The van der Waals surface area contributed by atoms with Gasteiger partial charge in [-0.3, -0.25) is 0 Å². The zero-order valence-corrected chi connectivity index (χ0v) is 19.3. The Morgan fingerprint density at radius 2 is 1.67 bits per heavy atom. The molecule has 0 saturated heterocycles. The maximum atomic E-state index is 13.8. The Balaban J connectivity index is 1.43. The molecular formula is C28H25ClFN3. The third-order valence-electron chi connectivity index (χ3n) is 9.10. The summed E-state index contributed by atoms with van der Waals surface area (Å²) in [6.45, 7) is 0.919. The first kappa shape index (κ1) is 19.6. The van der Waals surface area contributed by atoms with Gasteiger partial charge in [0.05, 0.1) is 5.02 Å².